The highest BCUT2D eigenvalue weighted by molar-refractivity contribution is 7.07. The van der Waals surface area contributed by atoms with Crippen LogP contribution >= 0.6 is 34.5 Å². The molecule has 3 aromatic carbocycles. The number of rotatable bonds is 3. The van der Waals surface area contributed by atoms with Gasteiger partial charge in [0.1, 0.15) is 5.82 Å². The van der Waals surface area contributed by atoms with E-state index in [1.54, 1.807) is 22.8 Å². The molecule has 1 unspecified atom stereocenters. The van der Waals surface area contributed by atoms with Crippen LogP contribution in [0.4, 0.5) is 4.39 Å². The zero-order valence-corrected chi connectivity index (χ0v) is 22.0. The maximum atomic E-state index is 13.8. The Labute approximate surface area is 227 Å². The second-order valence-electron chi connectivity index (χ2n) is 9.07. The molecule has 0 amide bonds. The molecule has 2 aliphatic rings. The molecule has 6 rings (SSSR count). The summed E-state index contributed by atoms with van der Waals surface area (Å²) in [7, 11) is 0. The molecule has 0 N–H and O–H groups in total. The number of allylic oxidation sites excluding steroid dienone is 2. The van der Waals surface area contributed by atoms with E-state index in [0.717, 1.165) is 52.8 Å². The van der Waals surface area contributed by atoms with Crippen LogP contribution in [0.25, 0.3) is 12.2 Å². The molecule has 0 saturated heterocycles. The second kappa shape index (κ2) is 9.90. The van der Waals surface area contributed by atoms with Crippen molar-refractivity contribution in [3.63, 3.8) is 0 Å². The van der Waals surface area contributed by atoms with Crippen LogP contribution in [-0.4, -0.2) is 4.57 Å². The molecule has 37 heavy (non-hydrogen) atoms. The minimum absolute atomic E-state index is 0.133. The largest absolute Gasteiger partial charge is 0.272 e. The van der Waals surface area contributed by atoms with Crippen LogP contribution < -0.4 is 14.9 Å². The Kier molecular flexibility index (Phi) is 6.45. The lowest BCUT2D eigenvalue weighted by Gasteiger charge is -2.31. The number of hydrogen-bond acceptors (Lipinski definition) is 3. The molecule has 184 valence electrons. The lowest BCUT2D eigenvalue weighted by atomic mass is 9.84. The fourth-order valence-corrected chi connectivity index (χ4v) is 6.45. The molecule has 1 atom stereocenters. The van der Waals surface area contributed by atoms with Gasteiger partial charge in [0.15, 0.2) is 4.80 Å². The molecule has 2 heterocycles. The second-order valence-corrected chi connectivity index (χ2v) is 10.9. The zero-order chi connectivity index (χ0) is 25.5. The van der Waals surface area contributed by atoms with E-state index < -0.39 is 0 Å². The first-order chi connectivity index (χ1) is 18.0. The van der Waals surface area contributed by atoms with Crippen molar-refractivity contribution in [2.45, 2.75) is 25.3 Å². The molecule has 7 heteroatoms. The van der Waals surface area contributed by atoms with E-state index in [9.17, 15) is 9.18 Å². The maximum absolute atomic E-state index is 13.8. The number of thiazole rings is 1. The number of aromatic nitrogens is 1. The SMILES string of the molecule is O=c1c(=Cc2ccc(F)cc2)sc2n1C(c1ccccc1Cl)C1=C(N=2)C(=Cc2ccccc2Cl)CCC1. The third-order valence-corrected chi connectivity index (χ3v) is 8.41. The van der Waals surface area contributed by atoms with Gasteiger partial charge in [-0.2, -0.15) is 0 Å². The van der Waals surface area contributed by atoms with E-state index in [0.29, 0.717) is 19.4 Å². The number of benzene rings is 3. The first-order valence-electron chi connectivity index (χ1n) is 12.0. The van der Waals surface area contributed by atoms with Gasteiger partial charge in [0.2, 0.25) is 0 Å². The average molecular weight is 547 g/mol. The normalized spacial score (nSPS) is 18.5. The molecular formula is C30H21Cl2FN2OS. The predicted octanol–water partition coefficient (Wildman–Crippen LogP) is 6.93. The topological polar surface area (TPSA) is 34.4 Å². The molecule has 1 aliphatic heterocycles. The molecule has 0 spiro atoms. The summed E-state index contributed by atoms with van der Waals surface area (Å²) in [5.74, 6) is -0.317. The predicted molar refractivity (Wildman–Crippen MR) is 149 cm³/mol. The third kappa shape index (κ3) is 4.52. The first kappa shape index (κ1) is 24.1. The monoisotopic (exact) mass is 546 g/mol. The van der Waals surface area contributed by atoms with Gasteiger partial charge >= 0.3 is 0 Å². The van der Waals surface area contributed by atoms with Crippen molar-refractivity contribution >= 4 is 46.7 Å². The number of hydrogen-bond donors (Lipinski definition) is 0. The average Bonchev–Trinajstić information content (AvgIpc) is 3.21. The summed E-state index contributed by atoms with van der Waals surface area (Å²) >= 11 is 14.5. The Bertz CT molecular complexity index is 1770. The van der Waals surface area contributed by atoms with Crippen LogP contribution in [0.5, 0.6) is 0 Å². The Morgan fingerprint density at radius 3 is 2.41 bits per heavy atom. The number of fused-ring (bicyclic) bond motifs is 1. The summed E-state index contributed by atoms with van der Waals surface area (Å²) in [5, 5.41) is 1.29. The fourth-order valence-electron chi connectivity index (χ4n) is 5.02. The smallest absolute Gasteiger partial charge is 0.271 e. The Morgan fingerprint density at radius 2 is 1.65 bits per heavy atom. The molecule has 0 saturated carbocycles. The van der Waals surface area contributed by atoms with Crippen LogP contribution in [0.1, 0.15) is 42.0 Å². The van der Waals surface area contributed by atoms with Crippen molar-refractivity contribution in [1.29, 1.82) is 0 Å². The van der Waals surface area contributed by atoms with E-state index in [4.69, 9.17) is 28.2 Å². The first-order valence-corrected chi connectivity index (χ1v) is 13.6. The van der Waals surface area contributed by atoms with E-state index in [1.807, 2.05) is 48.5 Å². The standard InChI is InChI=1S/C30H21Cl2FN2OS/c31-24-10-3-1-6-19(24)17-20-7-5-9-23-27(20)34-30-35(28(23)22-8-2-4-11-25(22)32)29(36)26(37-30)16-18-12-14-21(33)15-13-18/h1-4,6,8,10-17,28H,5,7,9H2. The Morgan fingerprint density at radius 1 is 0.919 bits per heavy atom. The summed E-state index contributed by atoms with van der Waals surface area (Å²) in [6.07, 6.45) is 6.52. The van der Waals surface area contributed by atoms with Crippen molar-refractivity contribution in [2.24, 2.45) is 4.99 Å². The number of halogens is 3. The lowest BCUT2D eigenvalue weighted by molar-refractivity contribution is 0.553. The molecular weight excluding hydrogens is 526 g/mol. The molecule has 0 bridgehead atoms. The van der Waals surface area contributed by atoms with Gasteiger partial charge in [-0.1, -0.05) is 83.1 Å². The van der Waals surface area contributed by atoms with Gasteiger partial charge in [-0.05, 0) is 83.5 Å². The summed E-state index contributed by atoms with van der Waals surface area (Å²) in [4.78, 5) is 19.4. The highest BCUT2D eigenvalue weighted by Gasteiger charge is 2.33. The van der Waals surface area contributed by atoms with Gasteiger partial charge < -0.3 is 0 Å². The van der Waals surface area contributed by atoms with Crippen LogP contribution in [0.3, 0.4) is 0 Å². The zero-order valence-electron chi connectivity index (χ0n) is 19.6. The van der Waals surface area contributed by atoms with Gasteiger partial charge in [0, 0.05) is 10.0 Å². The Hall–Kier alpha value is -3.25. The van der Waals surface area contributed by atoms with Crippen LogP contribution in [-0.2, 0) is 0 Å². The quantitative estimate of drug-likeness (QED) is 0.274. The van der Waals surface area contributed by atoms with Gasteiger partial charge in [0.25, 0.3) is 5.56 Å². The summed E-state index contributed by atoms with van der Waals surface area (Å²) < 4.78 is 15.7. The van der Waals surface area contributed by atoms with E-state index >= 15 is 0 Å². The summed E-state index contributed by atoms with van der Waals surface area (Å²) in [6, 6.07) is 21.2. The minimum Gasteiger partial charge on any atom is -0.272 e. The Balaban J connectivity index is 1.60. The highest BCUT2D eigenvalue weighted by Crippen LogP contribution is 2.42. The van der Waals surface area contributed by atoms with E-state index in [2.05, 4.69) is 6.08 Å². The molecule has 1 aliphatic carbocycles. The van der Waals surface area contributed by atoms with Crippen molar-refractivity contribution in [1.82, 2.24) is 4.57 Å². The fraction of sp³-hybridized carbons (Fsp3) is 0.133. The number of nitrogens with zero attached hydrogens (tertiary/aromatic N) is 2. The minimum atomic E-state index is -0.356. The lowest BCUT2D eigenvalue weighted by Crippen LogP contribution is -2.39. The van der Waals surface area contributed by atoms with Gasteiger partial charge in [0.05, 0.1) is 16.3 Å². The molecule has 4 aromatic rings. The maximum Gasteiger partial charge on any atom is 0.271 e. The van der Waals surface area contributed by atoms with Gasteiger partial charge in [-0.15, -0.1) is 0 Å². The third-order valence-electron chi connectivity index (χ3n) is 6.74. The highest BCUT2D eigenvalue weighted by atomic mass is 35.5. The summed E-state index contributed by atoms with van der Waals surface area (Å²) in [5.41, 5.74) is 5.53. The van der Waals surface area contributed by atoms with Crippen molar-refractivity contribution < 1.29 is 4.39 Å². The van der Waals surface area contributed by atoms with Gasteiger partial charge in [-0.3, -0.25) is 9.36 Å². The van der Waals surface area contributed by atoms with Crippen LogP contribution in [0, 0.1) is 5.82 Å². The molecule has 1 aromatic heterocycles. The van der Waals surface area contributed by atoms with Crippen LogP contribution in [0.15, 0.2) is 99.4 Å². The molecule has 0 fully saturated rings. The molecule has 0 radical (unpaired) electrons. The van der Waals surface area contributed by atoms with E-state index in [-0.39, 0.29) is 17.4 Å². The van der Waals surface area contributed by atoms with Crippen LogP contribution in [0.2, 0.25) is 10.0 Å². The van der Waals surface area contributed by atoms with Crippen molar-refractivity contribution in [2.75, 3.05) is 0 Å². The summed E-state index contributed by atoms with van der Waals surface area (Å²) in [6.45, 7) is 0. The van der Waals surface area contributed by atoms with Gasteiger partial charge in [-0.25, -0.2) is 9.38 Å². The van der Waals surface area contributed by atoms with Crippen molar-refractivity contribution in [3.8, 4) is 0 Å². The molecule has 3 nitrogen and oxygen atoms in total. The van der Waals surface area contributed by atoms with Crippen molar-refractivity contribution in [3.05, 3.63) is 142 Å². The van der Waals surface area contributed by atoms with E-state index in [1.165, 1.54) is 23.5 Å².